The minimum absolute atomic E-state index is 0.0687. The number of fused-ring (bicyclic) bond motifs is 1. The quantitative estimate of drug-likeness (QED) is 0.306. The molecule has 0 spiro atoms. The number of para-hydroxylation sites is 1. The van der Waals surface area contributed by atoms with Gasteiger partial charge in [0, 0.05) is 17.3 Å². The van der Waals surface area contributed by atoms with Crippen molar-refractivity contribution in [1.82, 2.24) is 10.2 Å². The van der Waals surface area contributed by atoms with E-state index >= 15 is 0 Å². The molecule has 214 valence electrons. The van der Waals surface area contributed by atoms with Crippen molar-refractivity contribution < 1.29 is 24.2 Å². The summed E-state index contributed by atoms with van der Waals surface area (Å²) < 4.78 is 5.41. The lowest BCUT2D eigenvalue weighted by atomic mass is 9.95. The van der Waals surface area contributed by atoms with Crippen molar-refractivity contribution in [3.8, 4) is 5.75 Å². The number of ether oxygens (including phenoxy) is 1. The second-order valence-electron chi connectivity index (χ2n) is 11.7. The number of aryl methyl sites for hydroxylation is 1. The smallest absolute Gasteiger partial charge is 0.408 e. The van der Waals surface area contributed by atoms with Crippen LogP contribution in [-0.2, 0) is 14.3 Å². The Kier molecular flexibility index (Phi) is 9.45. The zero-order valence-corrected chi connectivity index (χ0v) is 24.6. The Bertz CT molecular complexity index is 1380. The highest BCUT2D eigenvalue weighted by molar-refractivity contribution is 6.01. The number of amides is 3. The molecule has 3 rings (SSSR count). The number of carbonyl (C=O) groups is 3. The lowest BCUT2D eigenvalue weighted by Gasteiger charge is -2.38. The van der Waals surface area contributed by atoms with E-state index < -0.39 is 41.6 Å². The number of anilines is 1. The molecule has 3 amide bonds. The molecule has 8 heteroatoms. The first-order valence-corrected chi connectivity index (χ1v) is 13.6. The highest BCUT2D eigenvalue weighted by Crippen LogP contribution is 2.34. The highest BCUT2D eigenvalue weighted by Gasteiger charge is 2.40. The van der Waals surface area contributed by atoms with Gasteiger partial charge in [0.25, 0.3) is 5.91 Å². The number of alkyl carbamates (subject to hydrolysis) is 1. The number of hydrogen-bond donors (Lipinski definition) is 3. The molecule has 0 aliphatic rings. The van der Waals surface area contributed by atoms with Crippen molar-refractivity contribution in [2.45, 2.75) is 79.1 Å². The first-order valence-electron chi connectivity index (χ1n) is 13.6. The van der Waals surface area contributed by atoms with E-state index in [0.29, 0.717) is 16.8 Å². The third kappa shape index (κ3) is 7.31. The molecule has 3 N–H and O–H groups in total. The van der Waals surface area contributed by atoms with Crippen molar-refractivity contribution in [2.75, 3.05) is 5.32 Å². The standard InChI is InChI=1S/C32H41N3O5/c1-19(2)26(34-31(39)40-32(6,7)8)30(38)35(20(3)4)27(25-15-11-12-21(5)28(25)36)29(37)33-24-17-16-22-13-9-10-14-23(22)18-24/h9-20,26-27,36H,1-8H3,(H,33,37)(H,34,39). The Labute approximate surface area is 236 Å². The van der Waals surface area contributed by atoms with E-state index in [2.05, 4.69) is 10.6 Å². The van der Waals surface area contributed by atoms with Gasteiger partial charge >= 0.3 is 6.09 Å². The summed E-state index contributed by atoms with van der Waals surface area (Å²) in [5.74, 6) is -1.33. The van der Waals surface area contributed by atoms with Gasteiger partial charge in [-0.3, -0.25) is 9.59 Å². The van der Waals surface area contributed by atoms with Gasteiger partial charge in [0.05, 0.1) is 0 Å². The fourth-order valence-corrected chi connectivity index (χ4v) is 4.59. The normalized spacial score (nSPS) is 13.2. The van der Waals surface area contributed by atoms with E-state index in [-0.39, 0.29) is 11.7 Å². The summed E-state index contributed by atoms with van der Waals surface area (Å²) in [7, 11) is 0. The second kappa shape index (κ2) is 12.4. The molecule has 0 saturated carbocycles. The summed E-state index contributed by atoms with van der Waals surface area (Å²) in [5, 5.41) is 18.7. The molecule has 3 aromatic carbocycles. The van der Waals surface area contributed by atoms with E-state index in [1.165, 1.54) is 4.90 Å². The summed E-state index contributed by atoms with van der Waals surface area (Å²) >= 11 is 0. The number of phenolic OH excluding ortho intramolecular Hbond substituents is 1. The van der Waals surface area contributed by atoms with Crippen molar-refractivity contribution in [3.63, 3.8) is 0 Å². The molecule has 0 bridgehead atoms. The number of nitrogens with zero attached hydrogens (tertiary/aromatic N) is 1. The van der Waals surface area contributed by atoms with Crippen molar-refractivity contribution in [2.24, 2.45) is 5.92 Å². The summed E-state index contributed by atoms with van der Waals surface area (Å²) in [5.41, 5.74) is 0.677. The maximum atomic E-state index is 14.2. The minimum atomic E-state index is -1.18. The van der Waals surface area contributed by atoms with Gasteiger partial charge in [-0.2, -0.15) is 0 Å². The molecule has 40 heavy (non-hydrogen) atoms. The largest absolute Gasteiger partial charge is 0.507 e. The van der Waals surface area contributed by atoms with E-state index in [9.17, 15) is 19.5 Å². The van der Waals surface area contributed by atoms with Crippen LogP contribution in [0.3, 0.4) is 0 Å². The van der Waals surface area contributed by atoms with Crippen LogP contribution in [0.25, 0.3) is 10.8 Å². The molecule has 0 fully saturated rings. The third-order valence-corrected chi connectivity index (χ3v) is 6.52. The molecule has 2 atom stereocenters. The predicted octanol–water partition coefficient (Wildman–Crippen LogP) is 6.32. The lowest BCUT2D eigenvalue weighted by molar-refractivity contribution is -0.143. The molecular formula is C32H41N3O5. The van der Waals surface area contributed by atoms with Crippen molar-refractivity contribution in [1.29, 1.82) is 0 Å². The lowest BCUT2D eigenvalue weighted by Crippen LogP contribution is -2.56. The van der Waals surface area contributed by atoms with Gasteiger partial charge in [0.15, 0.2) is 0 Å². The molecular weight excluding hydrogens is 506 g/mol. The predicted molar refractivity (Wildman–Crippen MR) is 158 cm³/mol. The van der Waals surface area contributed by atoms with Crippen LogP contribution < -0.4 is 10.6 Å². The molecule has 3 aromatic rings. The van der Waals surface area contributed by atoms with Gasteiger partial charge < -0.3 is 25.4 Å². The Morgan fingerprint density at radius 1 is 0.900 bits per heavy atom. The van der Waals surface area contributed by atoms with Crippen molar-refractivity contribution >= 4 is 34.4 Å². The van der Waals surface area contributed by atoms with E-state index in [1.807, 2.05) is 50.2 Å². The summed E-state index contributed by atoms with van der Waals surface area (Å²) in [6, 6.07) is 15.9. The molecule has 2 unspecified atom stereocenters. The number of rotatable bonds is 8. The van der Waals surface area contributed by atoms with Crippen LogP contribution in [-0.4, -0.2) is 45.6 Å². The first kappa shape index (κ1) is 30.5. The Morgan fingerprint density at radius 2 is 1.55 bits per heavy atom. The Morgan fingerprint density at radius 3 is 2.15 bits per heavy atom. The van der Waals surface area contributed by atoms with E-state index in [1.54, 1.807) is 65.8 Å². The van der Waals surface area contributed by atoms with Gasteiger partial charge in [0.2, 0.25) is 5.91 Å². The fourth-order valence-electron chi connectivity index (χ4n) is 4.59. The van der Waals surface area contributed by atoms with Gasteiger partial charge in [-0.1, -0.05) is 62.4 Å². The molecule has 0 saturated heterocycles. The third-order valence-electron chi connectivity index (χ3n) is 6.52. The fraction of sp³-hybridized carbons (Fsp3) is 0.406. The highest BCUT2D eigenvalue weighted by atomic mass is 16.6. The van der Waals surface area contributed by atoms with Crippen LogP contribution in [0.1, 0.15) is 65.6 Å². The summed E-state index contributed by atoms with van der Waals surface area (Å²) in [6.45, 7) is 14.2. The average molecular weight is 548 g/mol. The molecule has 0 aliphatic carbocycles. The van der Waals surface area contributed by atoms with Crippen molar-refractivity contribution in [3.05, 3.63) is 71.8 Å². The molecule has 0 heterocycles. The van der Waals surface area contributed by atoms with Gasteiger partial charge in [-0.25, -0.2) is 4.79 Å². The maximum absolute atomic E-state index is 14.2. The maximum Gasteiger partial charge on any atom is 0.408 e. The molecule has 8 nitrogen and oxygen atoms in total. The summed E-state index contributed by atoms with van der Waals surface area (Å²) in [4.78, 5) is 42.3. The topological polar surface area (TPSA) is 108 Å². The Balaban J connectivity index is 2.06. The zero-order chi connectivity index (χ0) is 29.8. The molecule has 0 radical (unpaired) electrons. The monoisotopic (exact) mass is 547 g/mol. The van der Waals surface area contributed by atoms with Crippen LogP contribution in [0, 0.1) is 12.8 Å². The summed E-state index contributed by atoms with van der Waals surface area (Å²) in [6.07, 6.45) is -0.723. The van der Waals surface area contributed by atoms with E-state index in [4.69, 9.17) is 4.74 Å². The number of hydrogen-bond acceptors (Lipinski definition) is 5. The van der Waals surface area contributed by atoms with Gasteiger partial charge in [-0.05, 0) is 75.9 Å². The van der Waals surface area contributed by atoms with Crippen LogP contribution in [0.4, 0.5) is 10.5 Å². The van der Waals surface area contributed by atoms with Crippen LogP contribution >= 0.6 is 0 Å². The number of aromatic hydroxyl groups is 1. The van der Waals surface area contributed by atoms with Crippen LogP contribution in [0.15, 0.2) is 60.7 Å². The Hall–Kier alpha value is -4.07. The SMILES string of the molecule is Cc1cccc(C(C(=O)Nc2ccc3ccccc3c2)N(C(=O)C(NC(=O)OC(C)(C)C)C(C)C)C(C)C)c1O. The van der Waals surface area contributed by atoms with Gasteiger partial charge in [-0.15, -0.1) is 0 Å². The van der Waals surface area contributed by atoms with Gasteiger partial charge in [0.1, 0.15) is 23.4 Å². The first-order chi connectivity index (χ1) is 18.7. The number of phenols is 1. The van der Waals surface area contributed by atoms with Crippen LogP contribution in [0.5, 0.6) is 5.75 Å². The van der Waals surface area contributed by atoms with Crippen LogP contribution in [0.2, 0.25) is 0 Å². The van der Waals surface area contributed by atoms with E-state index in [0.717, 1.165) is 10.8 Å². The average Bonchev–Trinajstić information content (AvgIpc) is 2.85. The number of nitrogens with one attached hydrogen (secondary N) is 2. The minimum Gasteiger partial charge on any atom is -0.507 e. The second-order valence-corrected chi connectivity index (χ2v) is 11.7. The molecule has 0 aliphatic heterocycles. The number of benzene rings is 3. The zero-order valence-electron chi connectivity index (χ0n) is 24.6. The number of carbonyl (C=O) groups excluding carboxylic acids is 3. The molecule has 0 aromatic heterocycles.